The minimum atomic E-state index is 0.571. The fourth-order valence-electron chi connectivity index (χ4n) is 1.54. The Hall–Kier alpha value is -1.02. The van der Waals surface area contributed by atoms with E-state index in [4.69, 9.17) is 4.74 Å². The smallest absolute Gasteiger partial charge is 0.119 e. The maximum atomic E-state index is 5.71. The van der Waals surface area contributed by atoms with Gasteiger partial charge in [0, 0.05) is 6.54 Å². The summed E-state index contributed by atoms with van der Waals surface area (Å²) in [5.74, 6) is 1.55. The Morgan fingerprint density at radius 1 is 1.29 bits per heavy atom. The van der Waals surface area contributed by atoms with Crippen molar-refractivity contribution in [3.8, 4) is 5.75 Å². The Morgan fingerprint density at radius 3 is 2.82 bits per heavy atom. The first-order chi connectivity index (χ1) is 8.22. The molecule has 1 aromatic carbocycles. The lowest BCUT2D eigenvalue weighted by atomic mass is 10.2. The van der Waals surface area contributed by atoms with Crippen LogP contribution >= 0.6 is 0 Å². The maximum Gasteiger partial charge on any atom is 0.119 e. The van der Waals surface area contributed by atoms with Gasteiger partial charge in [-0.25, -0.2) is 0 Å². The van der Waals surface area contributed by atoms with Gasteiger partial charge in [0.25, 0.3) is 0 Å². The standard InChI is InChI=1S/C15H25NO/c1-4-5-9-16-11-14-7-6-8-15(10-14)17-12-13(2)3/h6-8,10,13,16H,4-5,9,11-12H2,1-3H3. The molecule has 0 saturated carbocycles. The summed E-state index contributed by atoms with van der Waals surface area (Å²) in [7, 11) is 0. The van der Waals surface area contributed by atoms with E-state index in [1.165, 1.54) is 18.4 Å². The van der Waals surface area contributed by atoms with E-state index in [1.807, 2.05) is 6.07 Å². The van der Waals surface area contributed by atoms with E-state index in [9.17, 15) is 0 Å². The SMILES string of the molecule is CCCCNCc1cccc(OCC(C)C)c1. The quantitative estimate of drug-likeness (QED) is 0.695. The number of hydrogen-bond donors (Lipinski definition) is 1. The molecule has 0 radical (unpaired) electrons. The molecule has 2 heteroatoms. The summed E-state index contributed by atoms with van der Waals surface area (Å²) in [6.45, 7) is 9.34. The van der Waals surface area contributed by atoms with Crippen LogP contribution in [0.3, 0.4) is 0 Å². The molecule has 2 nitrogen and oxygen atoms in total. The molecule has 96 valence electrons. The fourth-order valence-corrected chi connectivity index (χ4v) is 1.54. The van der Waals surface area contributed by atoms with Gasteiger partial charge in [-0.1, -0.05) is 39.3 Å². The number of nitrogens with one attached hydrogen (secondary N) is 1. The highest BCUT2D eigenvalue weighted by Gasteiger charge is 1.99. The highest BCUT2D eigenvalue weighted by molar-refractivity contribution is 5.28. The van der Waals surface area contributed by atoms with E-state index in [-0.39, 0.29) is 0 Å². The van der Waals surface area contributed by atoms with E-state index in [0.717, 1.165) is 25.4 Å². The second kappa shape index (κ2) is 8.13. The van der Waals surface area contributed by atoms with Crippen molar-refractivity contribution in [3.63, 3.8) is 0 Å². The van der Waals surface area contributed by atoms with Crippen molar-refractivity contribution in [2.75, 3.05) is 13.2 Å². The Labute approximate surface area is 105 Å². The first-order valence-electron chi connectivity index (χ1n) is 6.64. The lowest BCUT2D eigenvalue weighted by molar-refractivity contribution is 0.271. The molecule has 17 heavy (non-hydrogen) atoms. The summed E-state index contributed by atoms with van der Waals surface area (Å²) in [6.07, 6.45) is 2.48. The van der Waals surface area contributed by atoms with Crippen LogP contribution in [0.15, 0.2) is 24.3 Å². The Balaban J connectivity index is 2.37. The van der Waals surface area contributed by atoms with Crippen molar-refractivity contribution < 1.29 is 4.74 Å². The molecular formula is C15H25NO. The van der Waals surface area contributed by atoms with E-state index in [2.05, 4.69) is 44.3 Å². The zero-order valence-corrected chi connectivity index (χ0v) is 11.3. The zero-order chi connectivity index (χ0) is 12.5. The summed E-state index contributed by atoms with van der Waals surface area (Å²) in [6, 6.07) is 8.35. The molecule has 0 aliphatic rings. The van der Waals surface area contributed by atoms with Crippen LogP contribution in [0.5, 0.6) is 5.75 Å². The van der Waals surface area contributed by atoms with Gasteiger partial charge >= 0.3 is 0 Å². The van der Waals surface area contributed by atoms with Crippen LogP contribution in [0, 0.1) is 5.92 Å². The highest BCUT2D eigenvalue weighted by Crippen LogP contribution is 2.14. The van der Waals surface area contributed by atoms with Crippen LogP contribution in [0.2, 0.25) is 0 Å². The van der Waals surface area contributed by atoms with E-state index >= 15 is 0 Å². The van der Waals surface area contributed by atoms with Gasteiger partial charge in [-0.05, 0) is 36.6 Å². The maximum absolute atomic E-state index is 5.71. The zero-order valence-electron chi connectivity index (χ0n) is 11.3. The molecule has 0 fully saturated rings. The van der Waals surface area contributed by atoms with Crippen molar-refractivity contribution >= 4 is 0 Å². The molecule has 0 bridgehead atoms. The Morgan fingerprint density at radius 2 is 2.12 bits per heavy atom. The molecule has 0 aliphatic carbocycles. The number of benzene rings is 1. The molecule has 1 N–H and O–H groups in total. The van der Waals surface area contributed by atoms with Gasteiger partial charge in [0.2, 0.25) is 0 Å². The largest absolute Gasteiger partial charge is 0.493 e. The van der Waals surface area contributed by atoms with Crippen molar-refractivity contribution in [1.29, 1.82) is 0 Å². The lowest BCUT2D eigenvalue weighted by Gasteiger charge is -2.10. The second-order valence-corrected chi connectivity index (χ2v) is 4.88. The number of unbranched alkanes of at least 4 members (excludes halogenated alkanes) is 1. The topological polar surface area (TPSA) is 21.3 Å². The summed E-state index contributed by atoms with van der Waals surface area (Å²) in [4.78, 5) is 0. The Kier molecular flexibility index (Phi) is 6.71. The molecule has 1 aromatic rings. The van der Waals surface area contributed by atoms with Crippen LogP contribution in [-0.4, -0.2) is 13.2 Å². The summed E-state index contributed by atoms with van der Waals surface area (Å²) >= 11 is 0. The molecule has 0 spiro atoms. The summed E-state index contributed by atoms with van der Waals surface area (Å²) < 4.78 is 5.71. The van der Waals surface area contributed by atoms with Crippen molar-refractivity contribution in [3.05, 3.63) is 29.8 Å². The first-order valence-corrected chi connectivity index (χ1v) is 6.64. The highest BCUT2D eigenvalue weighted by atomic mass is 16.5. The van der Waals surface area contributed by atoms with E-state index in [1.54, 1.807) is 0 Å². The molecule has 0 saturated heterocycles. The monoisotopic (exact) mass is 235 g/mol. The van der Waals surface area contributed by atoms with Crippen molar-refractivity contribution in [1.82, 2.24) is 5.32 Å². The third-order valence-corrected chi connectivity index (χ3v) is 2.52. The number of hydrogen-bond acceptors (Lipinski definition) is 2. The average molecular weight is 235 g/mol. The van der Waals surface area contributed by atoms with Gasteiger partial charge in [0.1, 0.15) is 5.75 Å². The summed E-state index contributed by atoms with van der Waals surface area (Å²) in [5.41, 5.74) is 1.29. The van der Waals surface area contributed by atoms with E-state index in [0.29, 0.717) is 5.92 Å². The third-order valence-electron chi connectivity index (χ3n) is 2.52. The predicted octanol–water partition coefficient (Wildman–Crippen LogP) is 3.61. The van der Waals surface area contributed by atoms with Crippen LogP contribution in [0.4, 0.5) is 0 Å². The molecular weight excluding hydrogens is 210 g/mol. The van der Waals surface area contributed by atoms with Gasteiger partial charge in [-0.2, -0.15) is 0 Å². The number of rotatable bonds is 8. The predicted molar refractivity (Wildman–Crippen MR) is 73.4 cm³/mol. The molecule has 1 rings (SSSR count). The molecule has 0 heterocycles. The van der Waals surface area contributed by atoms with E-state index < -0.39 is 0 Å². The first kappa shape index (κ1) is 14.0. The van der Waals surface area contributed by atoms with Gasteiger partial charge in [-0.3, -0.25) is 0 Å². The van der Waals surface area contributed by atoms with Gasteiger partial charge in [-0.15, -0.1) is 0 Å². The van der Waals surface area contributed by atoms with Crippen molar-refractivity contribution in [2.45, 2.75) is 40.2 Å². The second-order valence-electron chi connectivity index (χ2n) is 4.88. The van der Waals surface area contributed by atoms with Crippen LogP contribution in [-0.2, 0) is 6.54 Å². The average Bonchev–Trinajstić information content (AvgIpc) is 2.33. The van der Waals surface area contributed by atoms with Gasteiger partial charge in [0.05, 0.1) is 6.61 Å². The Bertz CT molecular complexity index is 310. The van der Waals surface area contributed by atoms with Crippen molar-refractivity contribution in [2.24, 2.45) is 5.92 Å². The molecule has 0 aliphatic heterocycles. The molecule has 0 amide bonds. The van der Waals surface area contributed by atoms with Crippen LogP contribution < -0.4 is 10.1 Å². The van der Waals surface area contributed by atoms with Crippen LogP contribution in [0.1, 0.15) is 39.2 Å². The van der Waals surface area contributed by atoms with Gasteiger partial charge < -0.3 is 10.1 Å². The minimum absolute atomic E-state index is 0.571. The third kappa shape index (κ3) is 6.32. The van der Waals surface area contributed by atoms with Gasteiger partial charge in [0.15, 0.2) is 0 Å². The lowest BCUT2D eigenvalue weighted by Crippen LogP contribution is -2.14. The number of ether oxygens (including phenoxy) is 1. The minimum Gasteiger partial charge on any atom is -0.493 e. The van der Waals surface area contributed by atoms with Crippen LogP contribution in [0.25, 0.3) is 0 Å². The molecule has 0 unspecified atom stereocenters. The fraction of sp³-hybridized carbons (Fsp3) is 0.600. The summed E-state index contributed by atoms with van der Waals surface area (Å²) in [5, 5.41) is 3.44. The molecule has 0 aromatic heterocycles. The normalized spacial score (nSPS) is 10.8. The molecule has 0 atom stereocenters.